The molecule has 4 fully saturated rings. The molecule has 4 rings (SSSR count). The zero-order valence-electron chi connectivity index (χ0n) is 11.5. The van der Waals surface area contributed by atoms with Gasteiger partial charge in [0.05, 0.1) is 0 Å². The topological polar surface area (TPSA) is 37.3 Å². The van der Waals surface area contributed by atoms with Crippen LogP contribution in [-0.4, -0.2) is 11.1 Å². The summed E-state index contributed by atoms with van der Waals surface area (Å²) in [5, 5.41) is 9.48. The van der Waals surface area contributed by atoms with Crippen molar-refractivity contribution in [1.29, 1.82) is 0 Å². The van der Waals surface area contributed by atoms with Crippen LogP contribution in [0.1, 0.15) is 46.0 Å². The molecule has 1 N–H and O–H groups in total. The third kappa shape index (κ3) is 1.38. The highest BCUT2D eigenvalue weighted by Gasteiger charge is 2.60. The van der Waals surface area contributed by atoms with Gasteiger partial charge < -0.3 is 5.11 Å². The van der Waals surface area contributed by atoms with Crippen LogP contribution in [0.5, 0.6) is 0 Å². The lowest BCUT2D eigenvalue weighted by molar-refractivity contribution is -0.145. The number of carbonyl (C=O) groups is 1. The maximum Gasteiger partial charge on any atom is 0.331 e. The van der Waals surface area contributed by atoms with Crippen molar-refractivity contribution >= 4 is 5.97 Å². The van der Waals surface area contributed by atoms with Crippen molar-refractivity contribution in [2.24, 2.45) is 35.0 Å². The van der Waals surface area contributed by atoms with Gasteiger partial charge in [-0.2, -0.15) is 0 Å². The second-order valence-corrected chi connectivity index (χ2v) is 7.18. The Hall–Kier alpha value is -0.790. The van der Waals surface area contributed by atoms with E-state index in [0.29, 0.717) is 23.3 Å². The minimum absolute atomic E-state index is 0.112. The fraction of sp³-hybridized carbons (Fsp3) is 0.812. The second kappa shape index (κ2) is 3.85. The standard InChI is InChI=1S/C16H24O2/c1-9(2)16(10(3)15(17)18)13-5-11-4-12(7-13)8-14(16)6-11/h9,11-14H,3-8H2,1-2H3,(H,17,18). The van der Waals surface area contributed by atoms with Crippen molar-refractivity contribution in [1.82, 2.24) is 0 Å². The Morgan fingerprint density at radius 3 is 1.89 bits per heavy atom. The molecule has 0 amide bonds. The SMILES string of the molecule is C=C(C(=O)O)C1(C(C)C)C2CC3CC(C2)CC1C3. The molecule has 0 aromatic rings. The van der Waals surface area contributed by atoms with E-state index >= 15 is 0 Å². The highest BCUT2D eigenvalue weighted by atomic mass is 16.4. The molecule has 0 saturated heterocycles. The summed E-state index contributed by atoms with van der Waals surface area (Å²) >= 11 is 0. The molecule has 0 aliphatic heterocycles. The summed E-state index contributed by atoms with van der Waals surface area (Å²) in [6.45, 7) is 8.40. The summed E-state index contributed by atoms with van der Waals surface area (Å²) in [4.78, 5) is 11.5. The van der Waals surface area contributed by atoms with Gasteiger partial charge in [0.15, 0.2) is 0 Å². The zero-order valence-corrected chi connectivity index (χ0v) is 11.5. The number of hydrogen-bond acceptors (Lipinski definition) is 1. The number of hydrogen-bond donors (Lipinski definition) is 1. The molecule has 2 nitrogen and oxygen atoms in total. The van der Waals surface area contributed by atoms with Gasteiger partial charge in [0, 0.05) is 11.0 Å². The number of carboxylic acids is 1. The fourth-order valence-electron chi connectivity index (χ4n) is 5.93. The Bertz CT molecular complexity index is 366. The highest BCUT2D eigenvalue weighted by Crippen LogP contribution is 2.67. The Morgan fingerprint density at radius 1 is 1.11 bits per heavy atom. The molecule has 0 aromatic heterocycles. The van der Waals surface area contributed by atoms with E-state index in [1.54, 1.807) is 0 Å². The van der Waals surface area contributed by atoms with E-state index in [-0.39, 0.29) is 5.41 Å². The smallest absolute Gasteiger partial charge is 0.331 e. The van der Waals surface area contributed by atoms with Gasteiger partial charge in [-0.05, 0) is 61.7 Å². The van der Waals surface area contributed by atoms with E-state index in [1.807, 2.05) is 0 Å². The summed E-state index contributed by atoms with van der Waals surface area (Å²) in [5.41, 5.74) is 0.394. The van der Waals surface area contributed by atoms with Crippen molar-refractivity contribution in [3.63, 3.8) is 0 Å². The van der Waals surface area contributed by atoms with Crippen LogP contribution in [0.2, 0.25) is 0 Å². The summed E-state index contributed by atoms with van der Waals surface area (Å²) in [6.07, 6.45) is 6.39. The Balaban J connectivity index is 2.04. The lowest BCUT2D eigenvalue weighted by Gasteiger charge is -2.63. The minimum Gasteiger partial charge on any atom is -0.478 e. The predicted octanol–water partition coefficient (Wildman–Crippen LogP) is 3.73. The molecule has 2 heteroatoms. The molecule has 0 heterocycles. The molecule has 0 spiro atoms. The van der Waals surface area contributed by atoms with Gasteiger partial charge in [0.1, 0.15) is 0 Å². The van der Waals surface area contributed by atoms with E-state index in [0.717, 1.165) is 11.8 Å². The van der Waals surface area contributed by atoms with Crippen LogP contribution in [0.15, 0.2) is 12.2 Å². The molecule has 4 aliphatic carbocycles. The number of rotatable bonds is 3. The fourth-order valence-corrected chi connectivity index (χ4v) is 5.93. The Labute approximate surface area is 109 Å². The summed E-state index contributed by atoms with van der Waals surface area (Å²) in [6, 6.07) is 0. The predicted molar refractivity (Wildman–Crippen MR) is 71.1 cm³/mol. The van der Waals surface area contributed by atoms with Gasteiger partial charge in [-0.15, -0.1) is 0 Å². The summed E-state index contributed by atoms with van der Waals surface area (Å²) < 4.78 is 0. The number of aliphatic carboxylic acids is 1. The molecule has 4 aliphatic rings. The van der Waals surface area contributed by atoms with Crippen molar-refractivity contribution < 1.29 is 9.90 Å². The van der Waals surface area contributed by atoms with E-state index in [9.17, 15) is 9.90 Å². The highest BCUT2D eigenvalue weighted by molar-refractivity contribution is 5.87. The van der Waals surface area contributed by atoms with Gasteiger partial charge in [0.25, 0.3) is 0 Å². The van der Waals surface area contributed by atoms with Crippen molar-refractivity contribution in [3.8, 4) is 0 Å². The van der Waals surface area contributed by atoms with Gasteiger partial charge in [-0.25, -0.2) is 4.79 Å². The molecule has 0 radical (unpaired) electrons. The zero-order chi connectivity index (χ0) is 13.1. The van der Waals surface area contributed by atoms with Crippen LogP contribution in [-0.2, 0) is 4.79 Å². The minimum atomic E-state index is -0.767. The van der Waals surface area contributed by atoms with Crippen molar-refractivity contribution in [2.75, 3.05) is 0 Å². The molecule has 0 unspecified atom stereocenters. The molecule has 4 saturated carbocycles. The van der Waals surface area contributed by atoms with Crippen LogP contribution in [0.25, 0.3) is 0 Å². The first-order valence-electron chi connectivity index (χ1n) is 7.38. The number of carboxylic acid groups (broad SMARTS) is 1. The largest absolute Gasteiger partial charge is 0.478 e. The maximum atomic E-state index is 11.5. The van der Waals surface area contributed by atoms with Crippen LogP contribution in [0.4, 0.5) is 0 Å². The van der Waals surface area contributed by atoms with Gasteiger partial charge in [0.2, 0.25) is 0 Å². The van der Waals surface area contributed by atoms with Crippen LogP contribution in [0.3, 0.4) is 0 Å². The third-order valence-corrected chi connectivity index (χ3v) is 6.23. The van der Waals surface area contributed by atoms with Gasteiger partial charge in [-0.3, -0.25) is 0 Å². The third-order valence-electron chi connectivity index (χ3n) is 6.23. The lowest BCUT2D eigenvalue weighted by atomic mass is 9.41. The Kier molecular flexibility index (Phi) is 2.62. The maximum absolute atomic E-state index is 11.5. The van der Waals surface area contributed by atoms with E-state index in [2.05, 4.69) is 20.4 Å². The Morgan fingerprint density at radius 2 is 1.56 bits per heavy atom. The average molecular weight is 248 g/mol. The van der Waals surface area contributed by atoms with E-state index in [1.165, 1.54) is 32.1 Å². The molecular weight excluding hydrogens is 224 g/mol. The van der Waals surface area contributed by atoms with Crippen molar-refractivity contribution in [3.05, 3.63) is 12.2 Å². The molecule has 0 atom stereocenters. The molecule has 4 bridgehead atoms. The van der Waals surface area contributed by atoms with Crippen molar-refractivity contribution in [2.45, 2.75) is 46.0 Å². The first kappa shape index (κ1) is 12.3. The van der Waals surface area contributed by atoms with Gasteiger partial charge >= 0.3 is 5.97 Å². The van der Waals surface area contributed by atoms with E-state index in [4.69, 9.17) is 0 Å². The molecular formula is C16H24O2. The molecule has 18 heavy (non-hydrogen) atoms. The van der Waals surface area contributed by atoms with E-state index < -0.39 is 5.97 Å². The quantitative estimate of drug-likeness (QED) is 0.773. The van der Waals surface area contributed by atoms with Crippen LogP contribution < -0.4 is 0 Å². The normalized spacial score (nSPS) is 45.5. The van der Waals surface area contributed by atoms with Crippen LogP contribution >= 0.6 is 0 Å². The first-order valence-corrected chi connectivity index (χ1v) is 7.38. The summed E-state index contributed by atoms with van der Waals surface area (Å²) in [7, 11) is 0. The second-order valence-electron chi connectivity index (χ2n) is 7.18. The monoisotopic (exact) mass is 248 g/mol. The average Bonchev–Trinajstić information content (AvgIpc) is 2.27. The van der Waals surface area contributed by atoms with Gasteiger partial charge in [-0.1, -0.05) is 20.4 Å². The van der Waals surface area contributed by atoms with Crippen LogP contribution in [0, 0.1) is 35.0 Å². The molecule has 100 valence electrons. The lowest BCUT2D eigenvalue weighted by Crippen LogP contribution is -2.57. The summed E-state index contributed by atoms with van der Waals surface area (Å²) in [5.74, 6) is 2.55. The first-order chi connectivity index (χ1) is 8.46. The molecule has 0 aromatic carbocycles.